The Morgan fingerprint density at radius 1 is 1.29 bits per heavy atom. The van der Waals surface area contributed by atoms with Crippen molar-refractivity contribution in [3.63, 3.8) is 0 Å². The van der Waals surface area contributed by atoms with Gasteiger partial charge in [-0.15, -0.1) is 0 Å². The molecule has 0 aliphatic rings. The number of hydrogen-bond donors (Lipinski definition) is 1. The molecule has 0 radical (unpaired) electrons. The first-order chi connectivity index (χ1) is 6.70. The van der Waals surface area contributed by atoms with Crippen molar-refractivity contribution in [3.8, 4) is 0 Å². The van der Waals surface area contributed by atoms with Gasteiger partial charge in [0.25, 0.3) is 0 Å². The van der Waals surface area contributed by atoms with Gasteiger partial charge in [-0.05, 0) is 45.7 Å². The second kappa shape index (κ2) is 9.01. The predicted molar refractivity (Wildman–Crippen MR) is 65.6 cm³/mol. The fraction of sp³-hybridized carbons (Fsp3) is 0.692. The van der Waals surface area contributed by atoms with E-state index in [1.165, 1.54) is 17.6 Å². The lowest BCUT2D eigenvalue weighted by Crippen LogP contribution is -2.15. The molecule has 1 N–H and O–H groups in total. The summed E-state index contributed by atoms with van der Waals surface area (Å²) in [5.74, 6) is 0. The van der Waals surface area contributed by atoms with E-state index in [1.54, 1.807) is 0 Å². The van der Waals surface area contributed by atoms with Crippen LogP contribution in [-0.2, 0) is 0 Å². The third-order valence-corrected chi connectivity index (χ3v) is 2.27. The van der Waals surface area contributed by atoms with Crippen molar-refractivity contribution in [2.75, 3.05) is 13.1 Å². The maximum atomic E-state index is 4.01. The molecule has 1 heteroatoms. The monoisotopic (exact) mass is 195 g/mol. The van der Waals surface area contributed by atoms with Crippen LogP contribution in [-0.4, -0.2) is 13.1 Å². The molecular weight excluding hydrogens is 170 g/mol. The van der Waals surface area contributed by atoms with Crippen LogP contribution in [0.1, 0.15) is 46.5 Å². The molecule has 0 fully saturated rings. The van der Waals surface area contributed by atoms with Crippen molar-refractivity contribution in [1.29, 1.82) is 0 Å². The van der Waals surface area contributed by atoms with E-state index >= 15 is 0 Å². The first-order valence-corrected chi connectivity index (χ1v) is 5.73. The first-order valence-electron chi connectivity index (χ1n) is 5.73. The van der Waals surface area contributed by atoms with Crippen LogP contribution >= 0.6 is 0 Å². The van der Waals surface area contributed by atoms with E-state index in [-0.39, 0.29) is 0 Å². The van der Waals surface area contributed by atoms with Crippen molar-refractivity contribution in [2.24, 2.45) is 0 Å². The molecule has 0 aromatic heterocycles. The highest BCUT2D eigenvalue weighted by Gasteiger charge is 1.92. The molecule has 0 spiro atoms. The van der Waals surface area contributed by atoms with Gasteiger partial charge in [0.1, 0.15) is 0 Å². The lowest BCUT2D eigenvalue weighted by Gasteiger charge is -2.03. The van der Waals surface area contributed by atoms with Gasteiger partial charge in [0.2, 0.25) is 0 Å². The van der Waals surface area contributed by atoms with Gasteiger partial charge in [-0.2, -0.15) is 0 Å². The summed E-state index contributed by atoms with van der Waals surface area (Å²) in [6.45, 7) is 12.8. The van der Waals surface area contributed by atoms with Gasteiger partial charge in [-0.25, -0.2) is 0 Å². The molecule has 0 amide bonds. The summed E-state index contributed by atoms with van der Waals surface area (Å²) in [7, 11) is 0. The Labute approximate surface area is 89.3 Å². The molecule has 0 aliphatic carbocycles. The van der Waals surface area contributed by atoms with Crippen LogP contribution in [0.4, 0.5) is 0 Å². The third-order valence-electron chi connectivity index (χ3n) is 2.27. The standard InChI is InChI=1S/C13H25N/c1-5-9-14-10-7-8-13(4)11-12(3)6-2/h8,14H,3,5-7,9-11H2,1-2,4H3. The fourth-order valence-corrected chi connectivity index (χ4v) is 1.31. The predicted octanol–water partition coefficient (Wildman–Crippen LogP) is 3.68. The number of nitrogens with one attached hydrogen (secondary N) is 1. The Morgan fingerprint density at radius 3 is 2.57 bits per heavy atom. The van der Waals surface area contributed by atoms with Crippen molar-refractivity contribution < 1.29 is 0 Å². The quantitative estimate of drug-likeness (QED) is 0.460. The summed E-state index contributed by atoms with van der Waals surface area (Å²) in [5.41, 5.74) is 2.79. The minimum Gasteiger partial charge on any atom is -0.316 e. The highest BCUT2D eigenvalue weighted by molar-refractivity contribution is 5.10. The molecule has 0 heterocycles. The van der Waals surface area contributed by atoms with E-state index in [1.807, 2.05) is 0 Å². The normalized spacial score (nSPS) is 11.8. The highest BCUT2D eigenvalue weighted by Crippen LogP contribution is 2.11. The van der Waals surface area contributed by atoms with E-state index in [2.05, 4.69) is 38.7 Å². The van der Waals surface area contributed by atoms with Crippen LogP contribution in [0.5, 0.6) is 0 Å². The second-order valence-electron chi connectivity index (χ2n) is 3.87. The Hall–Kier alpha value is -0.560. The summed E-state index contributed by atoms with van der Waals surface area (Å²) >= 11 is 0. The highest BCUT2D eigenvalue weighted by atomic mass is 14.8. The van der Waals surface area contributed by atoms with Crippen LogP contribution in [0.25, 0.3) is 0 Å². The molecule has 1 nitrogen and oxygen atoms in total. The van der Waals surface area contributed by atoms with Crippen molar-refractivity contribution >= 4 is 0 Å². The third kappa shape index (κ3) is 8.06. The van der Waals surface area contributed by atoms with Crippen LogP contribution < -0.4 is 5.32 Å². The van der Waals surface area contributed by atoms with E-state index in [4.69, 9.17) is 0 Å². The molecule has 14 heavy (non-hydrogen) atoms. The smallest absolute Gasteiger partial charge is 0.00142 e. The molecule has 0 aromatic rings. The van der Waals surface area contributed by atoms with Gasteiger partial charge < -0.3 is 5.32 Å². The molecule has 0 saturated carbocycles. The zero-order valence-corrected chi connectivity index (χ0v) is 10.0. The Balaban J connectivity index is 3.51. The molecular formula is C13H25N. The second-order valence-corrected chi connectivity index (χ2v) is 3.87. The fourth-order valence-electron chi connectivity index (χ4n) is 1.31. The average molecular weight is 195 g/mol. The zero-order valence-electron chi connectivity index (χ0n) is 10.0. The van der Waals surface area contributed by atoms with Gasteiger partial charge in [0.05, 0.1) is 0 Å². The number of hydrogen-bond acceptors (Lipinski definition) is 1. The molecule has 0 aliphatic heterocycles. The molecule has 0 unspecified atom stereocenters. The van der Waals surface area contributed by atoms with Crippen LogP contribution in [0.3, 0.4) is 0 Å². The van der Waals surface area contributed by atoms with Crippen molar-refractivity contribution in [2.45, 2.75) is 46.5 Å². The Bertz CT molecular complexity index is 180. The summed E-state index contributed by atoms with van der Waals surface area (Å²) < 4.78 is 0. The minimum absolute atomic E-state index is 1.07. The van der Waals surface area contributed by atoms with E-state index < -0.39 is 0 Å². The average Bonchev–Trinajstić information content (AvgIpc) is 2.17. The van der Waals surface area contributed by atoms with E-state index in [0.717, 1.165) is 32.4 Å². The lowest BCUT2D eigenvalue weighted by molar-refractivity contribution is 0.676. The van der Waals surface area contributed by atoms with Crippen LogP contribution in [0.2, 0.25) is 0 Å². The molecule has 0 aromatic carbocycles. The zero-order chi connectivity index (χ0) is 10.8. The SMILES string of the molecule is C=C(CC)CC(C)=CCCNCCC. The van der Waals surface area contributed by atoms with E-state index in [9.17, 15) is 0 Å². The van der Waals surface area contributed by atoms with Gasteiger partial charge >= 0.3 is 0 Å². The van der Waals surface area contributed by atoms with Crippen molar-refractivity contribution in [1.82, 2.24) is 5.32 Å². The molecule has 0 rings (SSSR count). The lowest BCUT2D eigenvalue weighted by atomic mass is 10.1. The molecule has 82 valence electrons. The minimum atomic E-state index is 1.07. The maximum absolute atomic E-state index is 4.01. The van der Waals surface area contributed by atoms with E-state index in [0.29, 0.717) is 0 Å². The first kappa shape index (κ1) is 13.4. The van der Waals surface area contributed by atoms with Gasteiger partial charge in [-0.1, -0.05) is 37.6 Å². The maximum Gasteiger partial charge on any atom is -0.00142 e. The van der Waals surface area contributed by atoms with Gasteiger partial charge in [-0.3, -0.25) is 0 Å². The summed E-state index contributed by atoms with van der Waals surface area (Å²) in [6, 6.07) is 0. The Morgan fingerprint density at radius 2 is 2.00 bits per heavy atom. The van der Waals surface area contributed by atoms with Crippen LogP contribution in [0, 0.1) is 0 Å². The van der Waals surface area contributed by atoms with Crippen LogP contribution in [0.15, 0.2) is 23.8 Å². The summed E-state index contributed by atoms with van der Waals surface area (Å²) in [4.78, 5) is 0. The Kier molecular flexibility index (Phi) is 8.65. The van der Waals surface area contributed by atoms with Gasteiger partial charge in [0, 0.05) is 0 Å². The van der Waals surface area contributed by atoms with Crippen molar-refractivity contribution in [3.05, 3.63) is 23.8 Å². The summed E-state index contributed by atoms with van der Waals surface area (Å²) in [6.07, 6.45) is 6.85. The number of allylic oxidation sites excluding steroid dienone is 2. The molecule has 0 bridgehead atoms. The molecule has 0 saturated heterocycles. The largest absolute Gasteiger partial charge is 0.316 e. The number of rotatable bonds is 8. The molecule has 0 atom stereocenters. The summed E-state index contributed by atoms with van der Waals surface area (Å²) in [5, 5.41) is 3.39. The van der Waals surface area contributed by atoms with Gasteiger partial charge in [0.15, 0.2) is 0 Å². The topological polar surface area (TPSA) is 12.0 Å².